The maximum absolute atomic E-state index is 4.31. The van der Waals surface area contributed by atoms with Gasteiger partial charge in [0.2, 0.25) is 0 Å². The van der Waals surface area contributed by atoms with Crippen LogP contribution in [0.4, 0.5) is 0 Å². The van der Waals surface area contributed by atoms with Crippen molar-refractivity contribution in [3.8, 4) is 0 Å². The molecule has 0 aromatic heterocycles. The minimum Gasteiger partial charge on any atom is -0.0995 e. The predicted molar refractivity (Wildman–Crippen MR) is 165 cm³/mol. The zero-order valence-electron chi connectivity index (χ0n) is 25.0. The van der Waals surface area contributed by atoms with Gasteiger partial charge in [-0.1, -0.05) is 132 Å². The molecular weight excluding hydrogens is 432 g/mol. The number of allylic oxidation sites excluding steroid dienone is 8. The Morgan fingerprint density at radius 2 is 1.61 bits per heavy atom. The first-order chi connectivity index (χ1) is 17.0. The zero-order chi connectivity index (χ0) is 27.1. The lowest BCUT2D eigenvalue weighted by atomic mass is 9.63. The molecule has 36 heavy (non-hydrogen) atoms. The Bertz CT molecular complexity index is 860. The maximum atomic E-state index is 4.31. The van der Waals surface area contributed by atoms with E-state index >= 15 is 0 Å². The lowest BCUT2D eigenvalue weighted by Gasteiger charge is -2.41. The van der Waals surface area contributed by atoms with Crippen LogP contribution in [0.3, 0.4) is 0 Å². The molecule has 0 amide bonds. The lowest BCUT2D eigenvalue weighted by Crippen LogP contribution is -2.29. The van der Waals surface area contributed by atoms with E-state index in [1.54, 1.807) is 0 Å². The monoisotopic (exact) mass is 488 g/mol. The second-order valence-electron chi connectivity index (χ2n) is 11.8. The van der Waals surface area contributed by atoms with E-state index < -0.39 is 0 Å². The minimum atomic E-state index is 0.196. The van der Waals surface area contributed by atoms with Crippen molar-refractivity contribution in [3.63, 3.8) is 0 Å². The third-order valence-electron chi connectivity index (χ3n) is 7.23. The predicted octanol–water partition coefficient (Wildman–Crippen LogP) is 11.7. The first-order valence-electron chi connectivity index (χ1n) is 14.5. The van der Waals surface area contributed by atoms with Gasteiger partial charge in [0.25, 0.3) is 0 Å². The fraction of sp³-hybridized carbons (Fsp3) is 0.556. The average Bonchev–Trinajstić information content (AvgIpc) is 2.78. The van der Waals surface area contributed by atoms with E-state index in [2.05, 4.69) is 123 Å². The van der Waals surface area contributed by atoms with Crippen molar-refractivity contribution in [2.45, 2.75) is 113 Å². The third-order valence-corrected chi connectivity index (χ3v) is 7.23. The second kappa shape index (κ2) is 16.6. The number of hydrogen-bond acceptors (Lipinski definition) is 0. The minimum absolute atomic E-state index is 0.196. The summed E-state index contributed by atoms with van der Waals surface area (Å²) < 4.78 is 0. The van der Waals surface area contributed by atoms with Gasteiger partial charge < -0.3 is 0 Å². The Hall–Kier alpha value is -2.08. The van der Waals surface area contributed by atoms with Gasteiger partial charge in [-0.05, 0) is 87.2 Å². The summed E-state index contributed by atoms with van der Waals surface area (Å²) in [6, 6.07) is 9.06. The molecular formula is C36H56. The smallest absolute Gasteiger partial charge is 0.00711 e. The van der Waals surface area contributed by atoms with Crippen LogP contribution < -0.4 is 0 Å². The van der Waals surface area contributed by atoms with Crippen molar-refractivity contribution in [1.29, 1.82) is 0 Å². The van der Waals surface area contributed by atoms with Gasteiger partial charge in [-0.3, -0.25) is 0 Å². The highest BCUT2D eigenvalue weighted by atomic mass is 14.4. The summed E-state index contributed by atoms with van der Waals surface area (Å²) in [5, 5.41) is 0. The zero-order valence-corrected chi connectivity index (χ0v) is 25.0. The van der Waals surface area contributed by atoms with Crippen LogP contribution in [0.5, 0.6) is 0 Å². The molecule has 200 valence electrons. The van der Waals surface area contributed by atoms with Crippen molar-refractivity contribution >= 4 is 0 Å². The Morgan fingerprint density at radius 1 is 0.972 bits per heavy atom. The van der Waals surface area contributed by atoms with Gasteiger partial charge >= 0.3 is 0 Å². The van der Waals surface area contributed by atoms with Gasteiger partial charge in [0.15, 0.2) is 0 Å². The van der Waals surface area contributed by atoms with E-state index in [4.69, 9.17) is 0 Å². The molecule has 2 rings (SSSR count). The van der Waals surface area contributed by atoms with Crippen molar-refractivity contribution in [2.24, 2.45) is 17.3 Å². The largest absolute Gasteiger partial charge is 0.0995 e. The molecule has 0 N–H and O–H groups in total. The fourth-order valence-electron chi connectivity index (χ4n) is 5.00. The molecule has 0 aliphatic heterocycles. The molecule has 1 aromatic carbocycles. The Balaban J connectivity index is 0.000000809. The van der Waals surface area contributed by atoms with Crippen LogP contribution in [0.2, 0.25) is 0 Å². The summed E-state index contributed by atoms with van der Waals surface area (Å²) >= 11 is 0. The summed E-state index contributed by atoms with van der Waals surface area (Å²) in [4.78, 5) is 0. The number of rotatable bonds is 12. The summed E-state index contributed by atoms with van der Waals surface area (Å²) in [6.45, 7) is 26.4. The number of hydrogen-bond donors (Lipinski definition) is 0. The molecule has 0 heterocycles. The van der Waals surface area contributed by atoms with Gasteiger partial charge in [0, 0.05) is 5.92 Å². The summed E-state index contributed by atoms with van der Waals surface area (Å²) in [7, 11) is 0. The fourth-order valence-corrected chi connectivity index (χ4v) is 5.00. The van der Waals surface area contributed by atoms with Crippen LogP contribution in [0.1, 0.15) is 117 Å². The molecule has 1 aliphatic rings. The van der Waals surface area contributed by atoms with Crippen LogP contribution in [0.15, 0.2) is 84.5 Å². The van der Waals surface area contributed by atoms with Gasteiger partial charge in [0.1, 0.15) is 0 Å². The molecule has 0 heteroatoms. The Labute approximate surface area is 225 Å². The van der Waals surface area contributed by atoms with Gasteiger partial charge in [-0.2, -0.15) is 0 Å². The highest BCUT2D eigenvalue weighted by Crippen LogP contribution is 2.48. The normalized spacial score (nSPS) is 19.1. The lowest BCUT2D eigenvalue weighted by molar-refractivity contribution is 0.163. The molecule has 0 spiro atoms. The van der Waals surface area contributed by atoms with Gasteiger partial charge in [0.05, 0.1) is 0 Å². The van der Waals surface area contributed by atoms with Crippen LogP contribution in [0.25, 0.3) is 0 Å². The first kappa shape index (κ1) is 31.9. The van der Waals surface area contributed by atoms with E-state index in [1.165, 1.54) is 66.4 Å². The maximum Gasteiger partial charge on any atom is 0.00711 e. The molecule has 0 saturated heterocycles. The Morgan fingerprint density at radius 3 is 2.11 bits per heavy atom. The molecule has 1 atom stereocenters. The van der Waals surface area contributed by atoms with E-state index in [0.717, 1.165) is 24.7 Å². The molecule has 1 saturated carbocycles. The Kier molecular flexibility index (Phi) is 14.8. The molecule has 0 radical (unpaired) electrons. The highest BCUT2D eigenvalue weighted by molar-refractivity contribution is 5.32. The first-order valence-corrected chi connectivity index (χ1v) is 14.5. The van der Waals surface area contributed by atoms with E-state index in [1.807, 2.05) is 0 Å². The third kappa shape index (κ3) is 11.8. The van der Waals surface area contributed by atoms with Gasteiger partial charge in [-0.15, -0.1) is 0 Å². The quantitative estimate of drug-likeness (QED) is 0.203. The number of unbranched alkanes of at least 4 members (excludes halogenated alkanes) is 1. The standard InChI is InChI=1S/C29H42.C7H14/c1-9-10-27(29(6,7)8)18-14-22(4)11-15-24-19-26(20-24)28(21(2)3)25-16-12-23(5)13-17-25;1-3-5-7-6-4-2/h10,12-14,16-18,24,26,28H,2,4,9,11,15,19-20H2,1,3,5-8H3;5,7H,3-4,6H2,1-2H3/b18-14-,27-10+;7-5-. The van der Waals surface area contributed by atoms with E-state index in [0.29, 0.717) is 5.92 Å². The molecule has 1 unspecified atom stereocenters. The topological polar surface area (TPSA) is 0 Å². The summed E-state index contributed by atoms with van der Waals surface area (Å²) in [5.41, 5.74) is 6.94. The van der Waals surface area contributed by atoms with E-state index in [-0.39, 0.29) is 5.41 Å². The van der Waals surface area contributed by atoms with Crippen molar-refractivity contribution < 1.29 is 0 Å². The second-order valence-corrected chi connectivity index (χ2v) is 11.8. The van der Waals surface area contributed by atoms with Crippen molar-refractivity contribution in [2.75, 3.05) is 0 Å². The van der Waals surface area contributed by atoms with Crippen LogP contribution >= 0.6 is 0 Å². The van der Waals surface area contributed by atoms with Crippen molar-refractivity contribution in [3.05, 3.63) is 95.6 Å². The highest BCUT2D eigenvalue weighted by Gasteiger charge is 2.35. The molecule has 0 bridgehead atoms. The SMILES string of the molecule is C=C(/C=C\C(=C/CC)C(C)(C)C)CCC1CC(C(C(=C)C)c2ccc(C)cc2)C1.CC/C=C\CCC. The molecule has 1 aliphatic carbocycles. The summed E-state index contributed by atoms with van der Waals surface area (Å²) in [5.74, 6) is 2.11. The molecule has 0 nitrogen and oxygen atoms in total. The van der Waals surface area contributed by atoms with Crippen LogP contribution in [-0.2, 0) is 0 Å². The molecule has 1 aromatic rings. The van der Waals surface area contributed by atoms with E-state index in [9.17, 15) is 0 Å². The summed E-state index contributed by atoms with van der Waals surface area (Å²) in [6.07, 6.45) is 21.1. The van der Waals surface area contributed by atoms with Crippen LogP contribution in [-0.4, -0.2) is 0 Å². The number of aryl methyl sites for hydroxylation is 1. The van der Waals surface area contributed by atoms with Crippen molar-refractivity contribution in [1.82, 2.24) is 0 Å². The molecule has 1 fully saturated rings. The average molecular weight is 489 g/mol. The van der Waals surface area contributed by atoms with Crippen LogP contribution in [0, 0.1) is 24.2 Å². The number of benzene rings is 1. The van der Waals surface area contributed by atoms with Gasteiger partial charge in [-0.25, -0.2) is 0 Å².